The number of hydrogen-bond acceptors (Lipinski definition) is 6. The SMILES string of the molecule is O=C(NC(c1ccccc1)C(F)(F)F)c1ncc(-c2c[nH]c3ncc(N4CCOCC4)cc23)cn1. The maximum Gasteiger partial charge on any atom is 0.412 e. The van der Waals surface area contributed by atoms with E-state index in [1.807, 2.05) is 11.4 Å². The first-order valence-corrected chi connectivity index (χ1v) is 10.9. The molecule has 3 aromatic heterocycles. The van der Waals surface area contributed by atoms with E-state index in [2.05, 4.69) is 24.8 Å². The summed E-state index contributed by atoms with van der Waals surface area (Å²) in [5, 5.41) is 2.84. The molecule has 11 heteroatoms. The molecule has 1 saturated heterocycles. The predicted octanol–water partition coefficient (Wildman–Crippen LogP) is 3.89. The second-order valence-electron chi connectivity index (χ2n) is 8.05. The Morgan fingerprint density at radius 2 is 1.77 bits per heavy atom. The number of rotatable bonds is 5. The lowest BCUT2D eigenvalue weighted by Gasteiger charge is -2.28. The zero-order chi connectivity index (χ0) is 24.4. The number of pyridine rings is 1. The Bertz CT molecular complexity index is 1320. The number of morpholine rings is 1. The summed E-state index contributed by atoms with van der Waals surface area (Å²) < 4.78 is 46.1. The number of benzene rings is 1. The Kier molecular flexibility index (Phi) is 6.08. The zero-order valence-corrected chi connectivity index (χ0v) is 18.4. The van der Waals surface area contributed by atoms with E-state index >= 15 is 0 Å². The van der Waals surface area contributed by atoms with Crippen molar-refractivity contribution in [2.24, 2.45) is 0 Å². The van der Waals surface area contributed by atoms with E-state index in [4.69, 9.17) is 4.74 Å². The maximum absolute atomic E-state index is 13.6. The number of nitrogens with one attached hydrogen (secondary N) is 2. The van der Waals surface area contributed by atoms with Crippen molar-refractivity contribution in [1.29, 1.82) is 0 Å². The average Bonchev–Trinajstić information content (AvgIpc) is 3.31. The molecular weight excluding hydrogens is 461 g/mol. The molecule has 0 bridgehead atoms. The van der Waals surface area contributed by atoms with Gasteiger partial charge in [0.15, 0.2) is 6.04 Å². The van der Waals surface area contributed by atoms with Crippen LogP contribution in [0.4, 0.5) is 18.9 Å². The summed E-state index contributed by atoms with van der Waals surface area (Å²) in [5.74, 6) is -1.37. The van der Waals surface area contributed by atoms with Gasteiger partial charge in [-0.05, 0) is 11.6 Å². The number of amides is 1. The van der Waals surface area contributed by atoms with E-state index in [0.717, 1.165) is 29.7 Å². The molecule has 2 N–H and O–H groups in total. The van der Waals surface area contributed by atoms with Gasteiger partial charge in [0, 0.05) is 48.2 Å². The molecule has 0 radical (unpaired) electrons. The second kappa shape index (κ2) is 9.34. The highest BCUT2D eigenvalue weighted by molar-refractivity contribution is 5.95. The third kappa shape index (κ3) is 4.80. The van der Waals surface area contributed by atoms with E-state index in [1.165, 1.54) is 36.7 Å². The molecule has 35 heavy (non-hydrogen) atoms. The van der Waals surface area contributed by atoms with Crippen LogP contribution in [-0.4, -0.2) is 58.3 Å². The van der Waals surface area contributed by atoms with Gasteiger partial charge < -0.3 is 19.9 Å². The molecule has 4 heterocycles. The second-order valence-corrected chi connectivity index (χ2v) is 8.05. The Hall–Kier alpha value is -3.99. The van der Waals surface area contributed by atoms with Crippen molar-refractivity contribution in [2.45, 2.75) is 12.2 Å². The molecule has 0 aliphatic carbocycles. The van der Waals surface area contributed by atoms with E-state index < -0.39 is 18.1 Å². The Morgan fingerprint density at radius 1 is 1.06 bits per heavy atom. The van der Waals surface area contributed by atoms with E-state index in [0.29, 0.717) is 24.4 Å². The van der Waals surface area contributed by atoms with Gasteiger partial charge in [0.1, 0.15) is 5.65 Å². The van der Waals surface area contributed by atoms with Crippen molar-refractivity contribution in [3.05, 3.63) is 72.6 Å². The molecule has 1 aliphatic heterocycles. The summed E-state index contributed by atoms with van der Waals surface area (Å²) in [6.45, 7) is 2.83. The summed E-state index contributed by atoms with van der Waals surface area (Å²) >= 11 is 0. The Balaban J connectivity index is 1.38. The summed E-state index contributed by atoms with van der Waals surface area (Å²) in [4.78, 5) is 30.4. The molecule has 1 atom stereocenters. The van der Waals surface area contributed by atoms with Gasteiger partial charge in [0.25, 0.3) is 5.91 Å². The highest BCUT2D eigenvalue weighted by Gasteiger charge is 2.42. The third-order valence-electron chi connectivity index (χ3n) is 5.79. The molecular formula is C24H21F3N6O2. The van der Waals surface area contributed by atoms with Crippen LogP contribution in [0.15, 0.2) is 61.2 Å². The number of carbonyl (C=O) groups excluding carboxylic acids is 1. The maximum atomic E-state index is 13.6. The van der Waals surface area contributed by atoms with Crippen LogP contribution in [0.5, 0.6) is 0 Å². The first kappa shape index (κ1) is 22.8. The van der Waals surface area contributed by atoms with E-state index in [-0.39, 0.29) is 11.4 Å². The molecule has 4 aromatic rings. The fourth-order valence-corrected chi connectivity index (χ4v) is 4.01. The van der Waals surface area contributed by atoms with Crippen LogP contribution >= 0.6 is 0 Å². The van der Waals surface area contributed by atoms with Crippen molar-refractivity contribution >= 4 is 22.6 Å². The number of fused-ring (bicyclic) bond motifs is 1. The molecule has 1 amide bonds. The van der Waals surface area contributed by atoms with Gasteiger partial charge in [-0.15, -0.1) is 0 Å². The molecule has 1 aliphatic rings. The number of hydrogen-bond donors (Lipinski definition) is 2. The van der Waals surface area contributed by atoms with E-state index in [9.17, 15) is 18.0 Å². The number of aromatic amines is 1. The third-order valence-corrected chi connectivity index (χ3v) is 5.79. The molecule has 0 saturated carbocycles. The minimum atomic E-state index is -4.67. The van der Waals surface area contributed by atoms with Gasteiger partial charge in [-0.25, -0.2) is 15.0 Å². The number of halogens is 3. The monoisotopic (exact) mass is 482 g/mol. The molecule has 1 fully saturated rings. The highest BCUT2D eigenvalue weighted by atomic mass is 19.4. The van der Waals surface area contributed by atoms with Gasteiger partial charge in [0.05, 0.1) is 25.1 Å². The van der Waals surface area contributed by atoms with Crippen molar-refractivity contribution < 1.29 is 22.7 Å². The molecule has 180 valence electrons. The van der Waals surface area contributed by atoms with Crippen LogP contribution in [0.1, 0.15) is 22.2 Å². The van der Waals surface area contributed by atoms with Crippen molar-refractivity contribution in [3.63, 3.8) is 0 Å². The number of anilines is 1. The summed E-state index contributed by atoms with van der Waals surface area (Å²) in [6.07, 6.45) is 1.70. The standard InChI is InChI=1S/C24H21F3N6O2/c25-24(26,27)20(15-4-2-1-3-5-15)32-23(34)22-28-11-16(12-29-22)19-14-31-21-18(19)10-17(13-30-21)33-6-8-35-9-7-33/h1-5,10-14,20H,6-9H2,(H,30,31)(H,32,34). The summed E-state index contributed by atoms with van der Waals surface area (Å²) in [6, 6.07) is 7.01. The van der Waals surface area contributed by atoms with Gasteiger partial charge in [-0.1, -0.05) is 30.3 Å². The number of nitrogens with zero attached hydrogens (tertiary/aromatic N) is 4. The number of ether oxygens (including phenoxy) is 1. The van der Waals surface area contributed by atoms with Gasteiger partial charge in [-0.3, -0.25) is 4.79 Å². The van der Waals surface area contributed by atoms with Gasteiger partial charge in [-0.2, -0.15) is 13.2 Å². The number of aromatic nitrogens is 4. The smallest absolute Gasteiger partial charge is 0.378 e. The fourth-order valence-electron chi connectivity index (χ4n) is 4.01. The van der Waals surface area contributed by atoms with Crippen LogP contribution in [-0.2, 0) is 4.74 Å². The van der Waals surface area contributed by atoms with Crippen molar-refractivity contribution in [2.75, 3.05) is 31.2 Å². The van der Waals surface area contributed by atoms with Crippen LogP contribution in [0, 0.1) is 0 Å². The highest BCUT2D eigenvalue weighted by Crippen LogP contribution is 2.33. The van der Waals surface area contributed by atoms with Crippen LogP contribution in [0.25, 0.3) is 22.2 Å². The predicted molar refractivity (Wildman–Crippen MR) is 123 cm³/mol. The normalized spacial score (nSPS) is 15.2. The first-order valence-electron chi connectivity index (χ1n) is 10.9. The molecule has 1 aromatic carbocycles. The Morgan fingerprint density at radius 3 is 2.46 bits per heavy atom. The van der Waals surface area contributed by atoms with Crippen LogP contribution in [0.2, 0.25) is 0 Å². The lowest BCUT2D eigenvalue weighted by atomic mass is 10.1. The topological polar surface area (TPSA) is 96.0 Å². The summed E-state index contributed by atoms with van der Waals surface area (Å²) in [5.41, 5.74) is 2.93. The van der Waals surface area contributed by atoms with Gasteiger partial charge in [0.2, 0.25) is 5.82 Å². The minimum Gasteiger partial charge on any atom is -0.378 e. The molecule has 1 unspecified atom stereocenters. The van der Waals surface area contributed by atoms with Gasteiger partial charge >= 0.3 is 6.18 Å². The van der Waals surface area contributed by atoms with Crippen molar-refractivity contribution in [3.8, 4) is 11.1 Å². The molecule has 5 rings (SSSR count). The minimum absolute atomic E-state index is 0.0765. The van der Waals surface area contributed by atoms with Crippen molar-refractivity contribution in [1.82, 2.24) is 25.3 Å². The number of carbonyl (C=O) groups is 1. The van der Waals surface area contributed by atoms with Crippen LogP contribution < -0.4 is 10.2 Å². The lowest BCUT2D eigenvalue weighted by Crippen LogP contribution is -2.38. The average molecular weight is 482 g/mol. The van der Waals surface area contributed by atoms with E-state index in [1.54, 1.807) is 18.5 Å². The quantitative estimate of drug-likeness (QED) is 0.448. The number of alkyl halides is 3. The first-order chi connectivity index (χ1) is 16.9. The molecule has 8 nitrogen and oxygen atoms in total. The number of H-pyrrole nitrogens is 1. The lowest BCUT2D eigenvalue weighted by molar-refractivity contribution is -0.155. The van der Waals surface area contributed by atoms with Crippen LogP contribution in [0.3, 0.4) is 0 Å². The summed E-state index contributed by atoms with van der Waals surface area (Å²) in [7, 11) is 0. The fraction of sp³-hybridized carbons (Fsp3) is 0.250. The largest absolute Gasteiger partial charge is 0.412 e. The molecule has 0 spiro atoms. The Labute approximate surface area is 198 Å². The zero-order valence-electron chi connectivity index (χ0n) is 18.4.